The largest absolute Gasteiger partial charge is 0.426 e. The lowest BCUT2D eigenvalue weighted by Gasteiger charge is -2.06. The fourth-order valence-electron chi connectivity index (χ4n) is 2.86. The van der Waals surface area contributed by atoms with Gasteiger partial charge < -0.3 is 4.74 Å². The fraction of sp³-hybridized carbons (Fsp3) is 0.250. The van der Waals surface area contributed by atoms with Crippen molar-refractivity contribution in [1.29, 1.82) is 0 Å². The first-order chi connectivity index (χ1) is 13.8. The van der Waals surface area contributed by atoms with Crippen molar-refractivity contribution >= 4 is 17.7 Å². The van der Waals surface area contributed by atoms with E-state index in [2.05, 4.69) is 35.3 Å². The lowest BCUT2D eigenvalue weighted by Crippen LogP contribution is -2.11. The van der Waals surface area contributed by atoms with Crippen LogP contribution >= 0.6 is 11.8 Å². The van der Waals surface area contributed by atoms with Crippen LogP contribution in [-0.4, -0.2) is 16.7 Å². The van der Waals surface area contributed by atoms with Gasteiger partial charge in [-0.25, -0.2) is 0 Å². The quantitative estimate of drug-likeness (QED) is 0.191. The maximum Gasteiger partial charge on any atom is 0.317 e. The van der Waals surface area contributed by atoms with Gasteiger partial charge in [-0.1, -0.05) is 42.8 Å². The second-order valence-corrected chi connectivity index (χ2v) is 7.76. The van der Waals surface area contributed by atoms with Gasteiger partial charge in [-0.05, 0) is 67.0 Å². The smallest absolute Gasteiger partial charge is 0.317 e. The van der Waals surface area contributed by atoms with E-state index in [0.717, 1.165) is 12.2 Å². The second kappa shape index (κ2) is 11.3. The average Bonchev–Trinajstić information content (AvgIpc) is 2.73. The Hall–Kier alpha value is -2.59. The first-order valence-corrected chi connectivity index (χ1v) is 10.7. The molecule has 0 aliphatic carbocycles. The molecule has 0 aliphatic heterocycles. The van der Waals surface area contributed by atoms with Crippen LogP contribution < -0.4 is 4.74 Å². The van der Waals surface area contributed by atoms with Crippen LogP contribution in [0.25, 0.3) is 0 Å². The monoisotopic (exact) mass is 391 g/mol. The molecule has 3 rings (SSSR count). The van der Waals surface area contributed by atoms with Crippen molar-refractivity contribution < 1.29 is 9.53 Å². The summed E-state index contributed by atoms with van der Waals surface area (Å²) in [6, 6.07) is 23.9. The van der Waals surface area contributed by atoms with Gasteiger partial charge in [-0.15, -0.1) is 11.8 Å². The van der Waals surface area contributed by atoms with Crippen molar-refractivity contribution in [3.63, 3.8) is 0 Å². The minimum Gasteiger partial charge on any atom is -0.426 e. The number of rotatable bonds is 10. The zero-order valence-corrected chi connectivity index (χ0v) is 16.7. The van der Waals surface area contributed by atoms with E-state index in [1.807, 2.05) is 54.2 Å². The van der Waals surface area contributed by atoms with Crippen LogP contribution in [0.15, 0.2) is 83.9 Å². The lowest BCUT2D eigenvalue weighted by molar-refractivity contribution is -0.133. The van der Waals surface area contributed by atoms with Gasteiger partial charge in [0.2, 0.25) is 0 Å². The Bertz CT molecular complexity index is 835. The number of ether oxygens (including phenoxy) is 1. The zero-order chi connectivity index (χ0) is 19.4. The molecule has 0 unspecified atom stereocenters. The van der Waals surface area contributed by atoms with Gasteiger partial charge in [-0.3, -0.25) is 9.78 Å². The molecular formula is C24H25NO2S. The van der Waals surface area contributed by atoms with Crippen LogP contribution in [0, 0.1) is 0 Å². The number of benzene rings is 2. The van der Waals surface area contributed by atoms with Gasteiger partial charge in [0.05, 0.1) is 12.1 Å². The molecule has 0 amide bonds. The summed E-state index contributed by atoms with van der Waals surface area (Å²) in [4.78, 5) is 17.3. The van der Waals surface area contributed by atoms with Crippen LogP contribution in [0.3, 0.4) is 0 Å². The number of thioether (sulfide) groups is 1. The van der Waals surface area contributed by atoms with Crippen molar-refractivity contribution in [2.24, 2.45) is 0 Å². The number of esters is 1. The van der Waals surface area contributed by atoms with E-state index in [9.17, 15) is 4.79 Å². The molecule has 0 fully saturated rings. The van der Waals surface area contributed by atoms with Crippen LogP contribution in [0.1, 0.15) is 30.5 Å². The number of carbonyl (C=O) groups is 1. The van der Waals surface area contributed by atoms with Gasteiger partial charge in [0.15, 0.2) is 0 Å². The predicted molar refractivity (Wildman–Crippen MR) is 115 cm³/mol. The van der Waals surface area contributed by atoms with Gasteiger partial charge in [0, 0.05) is 11.1 Å². The van der Waals surface area contributed by atoms with Crippen LogP contribution in [0.5, 0.6) is 5.75 Å². The molecule has 4 heteroatoms. The number of unbranched alkanes of at least 4 members (excludes halogenated alkanes) is 2. The van der Waals surface area contributed by atoms with Crippen molar-refractivity contribution in [2.45, 2.75) is 37.0 Å². The van der Waals surface area contributed by atoms with Crippen molar-refractivity contribution in [3.05, 3.63) is 90.3 Å². The van der Waals surface area contributed by atoms with Crippen LogP contribution in [0.2, 0.25) is 0 Å². The van der Waals surface area contributed by atoms with Crippen LogP contribution in [-0.2, 0) is 17.6 Å². The molecule has 28 heavy (non-hydrogen) atoms. The Morgan fingerprint density at radius 2 is 1.64 bits per heavy atom. The molecule has 144 valence electrons. The third-order valence-electron chi connectivity index (χ3n) is 4.33. The molecule has 0 atom stereocenters. The zero-order valence-electron chi connectivity index (χ0n) is 15.9. The summed E-state index contributed by atoms with van der Waals surface area (Å²) >= 11 is 1.85. The van der Waals surface area contributed by atoms with E-state index < -0.39 is 0 Å². The summed E-state index contributed by atoms with van der Waals surface area (Å²) in [6.45, 7) is 0. The normalized spacial score (nSPS) is 10.6. The van der Waals surface area contributed by atoms with Gasteiger partial charge in [0.25, 0.3) is 0 Å². The number of aryl methyl sites for hydroxylation is 1. The van der Waals surface area contributed by atoms with Crippen LogP contribution in [0.4, 0.5) is 0 Å². The molecule has 3 nitrogen and oxygen atoms in total. The second-order valence-electron chi connectivity index (χ2n) is 6.59. The Kier molecular flexibility index (Phi) is 8.13. The minimum absolute atomic E-state index is 0.181. The number of aromatic nitrogens is 1. The molecule has 0 bridgehead atoms. The molecule has 0 saturated carbocycles. The molecule has 3 aromatic rings. The molecule has 0 spiro atoms. The topological polar surface area (TPSA) is 39.2 Å². The van der Waals surface area contributed by atoms with E-state index in [-0.39, 0.29) is 12.4 Å². The lowest BCUT2D eigenvalue weighted by atomic mass is 10.1. The minimum atomic E-state index is -0.294. The summed E-state index contributed by atoms with van der Waals surface area (Å²) in [5.41, 5.74) is 2.13. The van der Waals surface area contributed by atoms with Gasteiger partial charge in [-0.2, -0.15) is 0 Å². The first kappa shape index (κ1) is 20.2. The fourth-order valence-corrected chi connectivity index (χ4v) is 3.78. The highest BCUT2D eigenvalue weighted by molar-refractivity contribution is 7.99. The van der Waals surface area contributed by atoms with E-state index in [0.29, 0.717) is 11.4 Å². The van der Waals surface area contributed by atoms with Crippen molar-refractivity contribution in [3.8, 4) is 5.75 Å². The molecule has 2 aromatic carbocycles. The number of carbonyl (C=O) groups excluding carboxylic acids is 1. The van der Waals surface area contributed by atoms with Gasteiger partial charge in [0.1, 0.15) is 5.75 Å². The van der Waals surface area contributed by atoms with Gasteiger partial charge >= 0.3 is 5.97 Å². The number of hydrogen-bond donors (Lipinski definition) is 0. The average molecular weight is 392 g/mol. The van der Waals surface area contributed by atoms with Crippen molar-refractivity contribution in [2.75, 3.05) is 5.75 Å². The summed E-state index contributed by atoms with van der Waals surface area (Å²) in [5.74, 6) is 1.39. The predicted octanol–water partition coefficient (Wildman–Crippen LogP) is 5.73. The highest BCUT2D eigenvalue weighted by Gasteiger charge is 2.07. The number of nitrogens with zero attached hydrogens (tertiary/aromatic N) is 1. The van der Waals surface area contributed by atoms with E-state index in [1.165, 1.54) is 29.7 Å². The standard InChI is InChI=1S/C24H25NO2S/c26-24(19-21-12-6-7-17-25-21)27-22-13-15-23(16-14-22)28-18-8-2-5-11-20-9-3-1-4-10-20/h1,3-4,6-7,9-10,12-17H,2,5,8,11,18-19H2. The third kappa shape index (κ3) is 7.20. The molecule has 0 aliphatic rings. The van der Waals surface area contributed by atoms with Crippen molar-refractivity contribution in [1.82, 2.24) is 4.98 Å². The maximum absolute atomic E-state index is 12.0. The highest BCUT2D eigenvalue weighted by atomic mass is 32.2. The summed E-state index contributed by atoms with van der Waals surface area (Å²) in [7, 11) is 0. The Morgan fingerprint density at radius 1 is 0.857 bits per heavy atom. The molecule has 0 radical (unpaired) electrons. The number of hydrogen-bond acceptors (Lipinski definition) is 4. The molecule has 1 heterocycles. The third-order valence-corrected chi connectivity index (χ3v) is 5.43. The SMILES string of the molecule is O=C(Cc1ccccn1)Oc1ccc(SCCCCCc2ccccc2)cc1. The Morgan fingerprint density at radius 3 is 2.39 bits per heavy atom. The van der Waals surface area contributed by atoms with E-state index >= 15 is 0 Å². The van der Waals surface area contributed by atoms with E-state index in [1.54, 1.807) is 6.20 Å². The summed E-state index contributed by atoms with van der Waals surface area (Å²) in [6.07, 6.45) is 6.69. The maximum atomic E-state index is 12.0. The first-order valence-electron chi connectivity index (χ1n) is 9.67. The highest BCUT2D eigenvalue weighted by Crippen LogP contribution is 2.23. The summed E-state index contributed by atoms with van der Waals surface area (Å²) < 4.78 is 5.38. The Balaban J connectivity index is 1.32. The van der Waals surface area contributed by atoms with E-state index in [4.69, 9.17) is 4.74 Å². The molecular weight excluding hydrogens is 366 g/mol. The number of pyridine rings is 1. The molecule has 1 aromatic heterocycles. The molecule has 0 saturated heterocycles. The Labute approximate surface area is 171 Å². The summed E-state index contributed by atoms with van der Waals surface area (Å²) in [5, 5.41) is 0. The molecule has 0 N–H and O–H groups in total.